The van der Waals surface area contributed by atoms with E-state index >= 15 is 0 Å². The van der Waals surface area contributed by atoms with Crippen LogP contribution in [-0.4, -0.2) is 33.0 Å². The molecular weight excluding hydrogens is 258 g/mol. The van der Waals surface area contributed by atoms with Crippen molar-refractivity contribution in [2.24, 2.45) is 0 Å². The molecule has 2 aromatic rings. The quantitative estimate of drug-likeness (QED) is 0.846. The molecule has 0 aliphatic heterocycles. The van der Waals surface area contributed by atoms with Crippen molar-refractivity contribution >= 4 is 17.6 Å². The summed E-state index contributed by atoms with van der Waals surface area (Å²) in [6, 6.07) is 4.97. The molecule has 0 spiro atoms. The van der Waals surface area contributed by atoms with Crippen LogP contribution in [0.15, 0.2) is 24.5 Å². The van der Waals surface area contributed by atoms with Gasteiger partial charge >= 0.3 is 5.97 Å². The highest BCUT2D eigenvalue weighted by Gasteiger charge is 2.13. The zero-order valence-electron chi connectivity index (χ0n) is 9.50. The van der Waals surface area contributed by atoms with Crippen LogP contribution in [0.3, 0.4) is 0 Å². The van der Waals surface area contributed by atoms with Crippen LogP contribution in [0.1, 0.15) is 16.2 Å². The van der Waals surface area contributed by atoms with Crippen molar-refractivity contribution in [2.75, 3.05) is 7.11 Å². The second-order valence-corrected chi connectivity index (χ2v) is 3.87. The maximum absolute atomic E-state index is 11.2. The SMILES string of the molecule is COC(=O)c1ncn(-c2cc(Cl)ccc2CO)n1. The fourth-order valence-electron chi connectivity index (χ4n) is 1.45. The van der Waals surface area contributed by atoms with E-state index in [0.29, 0.717) is 16.3 Å². The monoisotopic (exact) mass is 267 g/mol. The Hall–Kier alpha value is -1.92. The molecule has 0 aliphatic carbocycles. The number of halogens is 1. The number of benzene rings is 1. The van der Waals surface area contributed by atoms with Crippen LogP contribution in [0.5, 0.6) is 0 Å². The van der Waals surface area contributed by atoms with Crippen LogP contribution in [0.25, 0.3) is 5.69 Å². The van der Waals surface area contributed by atoms with E-state index in [1.807, 2.05) is 0 Å². The van der Waals surface area contributed by atoms with Crippen molar-refractivity contribution < 1.29 is 14.6 Å². The van der Waals surface area contributed by atoms with Crippen LogP contribution in [-0.2, 0) is 11.3 Å². The summed E-state index contributed by atoms with van der Waals surface area (Å²) in [6.45, 7) is -0.167. The Balaban J connectivity index is 2.45. The molecule has 6 nitrogen and oxygen atoms in total. The first-order valence-corrected chi connectivity index (χ1v) is 5.43. The van der Waals surface area contributed by atoms with Gasteiger partial charge in [0.15, 0.2) is 0 Å². The number of esters is 1. The average Bonchev–Trinajstić information content (AvgIpc) is 2.87. The molecule has 0 atom stereocenters. The van der Waals surface area contributed by atoms with E-state index in [9.17, 15) is 9.90 Å². The Morgan fingerprint density at radius 3 is 3.00 bits per heavy atom. The van der Waals surface area contributed by atoms with Gasteiger partial charge in [0.2, 0.25) is 0 Å². The number of carbonyl (C=O) groups is 1. The van der Waals surface area contributed by atoms with Crippen molar-refractivity contribution in [2.45, 2.75) is 6.61 Å². The molecule has 0 aliphatic rings. The Kier molecular flexibility index (Phi) is 3.59. The zero-order chi connectivity index (χ0) is 13.1. The number of hydrogen-bond donors (Lipinski definition) is 1. The number of hydrogen-bond acceptors (Lipinski definition) is 5. The Morgan fingerprint density at radius 2 is 2.33 bits per heavy atom. The fourth-order valence-corrected chi connectivity index (χ4v) is 1.61. The van der Waals surface area contributed by atoms with Gasteiger partial charge in [-0.2, -0.15) is 0 Å². The normalized spacial score (nSPS) is 10.4. The Bertz CT molecular complexity index is 583. The maximum atomic E-state index is 11.2. The smallest absolute Gasteiger partial charge is 0.377 e. The molecule has 1 N–H and O–H groups in total. The summed E-state index contributed by atoms with van der Waals surface area (Å²) in [7, 11) is 1.25. The first kappa shape index (κ1) is 12.5. The molecule has 94 valence electrons. The second kappa shape index (κ2) is 5.16. The lowest BCUT2D eigenvalue weighted by Crippen LogP contribution is -2.06. The molecule has 0 radical (unpaired) electrons. The first-order chi connectivity index (χ1) is 8.65. The summed E-state index contributed by atoms with van der Waals surface area (Å²) in [4.78, 5) is 15.1. The molecular formula is C11H10ClN3O3. The van der Waals surface area contributed by atoms with Crippen LogP contribution >= 0.6 is 11.6 Å². The molecule has 0 fully saturated rings. The topological polar surface area (TPSA) is 77.2 Å². The summed E-state index contributed by atoms with van der Waals surface area (Å²) in [5.74, 6) is -0.678. The number of ether oxygens (including phenoxy) is 1. The number of rotatable bonds is 3. The highest BCUT2D eigenvalue weighted by molar-refractivity contribution is 6.30. The van der Waals surface area contributed by atoms with Crippen molar-refractivity contribution in [1.29, 1.82) is 0 Å². The van der Waals surface area contributed by atoms with Crippen molar-refractivity contribution in [3.05, 3.63) is 40.9 Å². The number of nitrogens with zero attached hydrogens (tertiary/aromatic N) is 3. The summed E-state index contributed by atoms with van der Waals surface area (Å²) < 4.78 is 5.88. The molecule has 0 saturated heterocycles. The number of aromatic nitrogens is 3. The van der Waals surface area contributed by atoms with E-state index in [1.165, 1.54) is 18.1 Å². The number of carbonyl (C=O) groups excluding carboxylic acids is 1. The van der Waals surface area contributed by atoms with E-state index in [4.69, 9.17) is 11.6 Å². The summed E-state index contributed by atoms with van der Waals surface area (Å²) >= 11 is 5.89. The zero-order valence-corrected chi connectivity index (χ0v) is 10.3. The average molecular weight is 268 g/mol. The lowest BCUT2D eigenvalue weighted by Gasteiger charge is -2.06. The van der Waals surface area contributed by atoms with Gasteiger partial charge in [-0.05, 0) is 12.1 Å². The van der Waals surface area contributed by atoms with E-state index in [0.717, 1.165) is 0 Å². The molecule has 2 rings (SSSR count). The van der Waals surface area contributed by atoms with Gasteiger partial charge in [-0.1, -0.05) is 17.7 Å². The fraction of sp³-hybridized carbons (Fsp3) is 0.182. The van der Waals surface area contributed by atoms with Gasteiger partial charge in [0, 0.05) is 10.6 Å². The van der Waals surface area contributed by atoms with Gasteiger partial charge < -0.3 is 9.84 Å². The number of methoxy groups -OCH3 is 1. The minimum atomic E-state index is -0.624. The second-order valence-electron chi connectivity index (χ2n) is 3.44. The molecule has 1 aromatic carbocycles. The van der Waals surface area contributed by atoms with E-state index in [1.54, 1.807) is 18.2 Å². The molecule has 0 bridgehead atoms. The minimum absolute atomic E-state index is 0.0543. The third-order valence-electron chi connectivity index (χ3n) is 2.32. The van der Waals surface area contributed by atoms with Crippen LogP contribution in [0.4, 0.5) is 0 Å². The molecule has 7 heteroatoms. The third-order valence-corrected chi connectivity index (χ3v) is 2.56. The largest absolute Gasteiger partial charge is 0.463 e. The van der Waals surface area contributed by atoms with Gasteiger partial charge in [0.05, 0.1) is 19.4 Å². The third kappa shape index (κ3) is 2.34. The summed E-state index contributed by atoms with van der Waals surface area (Å²) in [5.41, 5.74) is 1.19. The molecule has 1 heterocycles. The maximum Gasteiger partial charge on any atom is 0.377 e. The Morgan fingerprint density at radius 1 is 1.56 bits per heavy atom. The van der Waals surface area contributed by atoms with Crippen LogP contribution in [0, 0.1) is 0 Å². The first-order valence-electron chi connectivity index (χ1n) is 5.05. The molecule has 18 heavy (non-hydrogen) atoms. The van der Waals surface area contributed by atoms with E-state index < -0.39 is 5.97 Å². The van der Waals surface area contributed by atoms with E-state index in [-0.39, 0.29) is 12.4 Å². The van der Waals surface area contributed by atoms with Crippen molar-refractivity contribution in [1.82, 2.24) is 14.8 Å². The predicted octanol–water partition coefficient (Wildman–Crippen LogP) is 1.20. The summed E-state index contributed by atoms with van der Waals surface area (Å²) in [5, 5.41) is 13.7. The lowest BCUT2D eigenvalue weighted by molar-refractivity contribution is 0.0587. The highest BCUT2D eigenvalue weighted by atomic mass is 35.5. The van der Waals surface area contributed by atoms with Gasteiger partial charge in [0.1, 0.15) is 6.33 Å². The van der Waals surface area contributed by atoms with Gasteiger partial charge in [-0.15, -0.1) is 5.10 Å². The van der Waals surface area contributed by atoms with E-state index in [2.05, 4.69) is 14.8 Å². The van der Waals surface area contributed by atoms with Gasteiger partial charge in [-0.25, -0.2) is 14.5 Å². The van der Waals surface area contributed by atoms with Gasteiger partial charge in [0.25, 0.3) is 5.82 Å². The molecule has 1 aromatic heterocycles. The number of aliphatic hydroxyl groups excluding tert-OH is 1. The van der Waals surface area contributed by atoms with Gasteiger partial charge in [-0.3, -0.25) is 0 Å². The molecule has 0 amide bonds. The minimum Gasteiger partial charge on any atom is -0.463 e. The standard InChI is InChI=1S/C11H10ClN3O3/c1-18-11(17)10-13-6-15(14-10)9-4-8(12)3-2-7(9)5-16/h2-4,6,16H,5H2,1H3. The van der Waals surface area contributed by atoms with Crippen molar-refractivity contribution in [3.63, 3.8) is 0 Å². The predicted molar refractivity (Wildman–Crippen MR) is 63.6 cm³/mol. The highest BCUT2D eigenvalue weighted by Crippen LogP contribution is 2.19. The lowest BCUT2D eigenvalue weighted by atomic mass is 10.2. The summed E-state index contributed by atoms with van der Waals surface area (Å²) in [6.07, 6.45) is 1.36. The van der Waals surface area contributed by atoms with Crippen LogP contribution < -0.4 is 0 Å². The van der Waals surface area contributed by atoms with Crippen molar-refractivity contribution in [3.8, 4) is 5.69 Å². The molecule has 0 saturated carbocycles. The Labute approximate surface area is 108 Å². The number of aliphatic hydroxyl groups is 1. The van der Waals surface area contributed by atoms with Crippen LogP contribution in [0.2, 0.25) is 5.02 Å². The molecule has 0 unspecified atom stereocenters.